The first-order chi connectivity index (χ1) is 12.9. The van der Waals surface area contributed by atoms with E-state index in [1.165, 1.54) is 17.5 Å². The van der Waals surface area contributed by atoms with Crippen molar-refractivity contribution in [2.75, 3.05) is 31.3 Å². The van der Waals surface area contributed by atoms with Gasteiger partial charge in [-0.25, -0.2) is 4.98 Å². The lowest BCUT2D eigenvalue weighted by Crippen LogP contribution is -2.30. The quantitative estimate of drug-likeness (QED) is 0.899. The van der Waals surface area contributed by atoms with Gasteiger partial charge in [0.15, 0.2) is 0 Å². The predicted molar refractivity (Wildman–Crippen MR) is 109 cm³/mol. The second-order valence-corrected chi connectivity index (χ2v) is 7.56. The summed E-state index contributed by atoms with van der Waals surface area (Å²) >= 11 is 0. The van der Waals surface area contributed by atoms with Crippen LogP contribution in [0.1, 0.15) is 58.9 Å². The molecule has 0 bridgehead atoms. The van der Waals surface area contributed by atoms with E-state index in [9.17, 15) is 4.79 Å². The van der Waals surface area contributed by atoms with Gasteiger partial charge >= 0.3 is 0 Å². The molecule has 1 atom stereocenters. The minimum atomic E-state index is 0.0264. The van der Waals surface area contributed by atoms with Crippen LogP contribution in [0.2, 0.25) is 0 Å². The number of amides is 1. The standard InChI is InChI=1S/C21H29N5O/c1-14-9-10-16(20(27)25(3)4)13-17(14)18-8-6-5-7-11-26(18)19-12-15(2)23-21(22)24-19/h9-10,12-13,18H,5-8,11H2,1-4H3,(H2,22,23,24). The molecule has 1 fully saturated rings. The van der Waals surface area contributed by atoms with Gasteiger partial charge < -0.3 is 15.5 Å². The van der Waals surface area contributed by atoms with Gasteiger partial charge in [-0.1, -0.05) is 18.9 Å². The first-order valence-electron chi connectivity index (χ1n) is 9.57. The summed E-state index contributed by atoms with van der Waals surface area (Å²) in [6.07, 6.45) is 4.51. The fourth-order valence-electron chi connectivity index (χ4n) is 3.82. The highest BCUT2D eigenvalue weighted by Gasteiger charge is 2.26. The maximum Gasteiger partial charge on any atom is 0.253 e. The fraction of sp³-hybridized carbons (Fsp3) is 0.476. The number of carbonyl (C=O) groups is 1. The average molecular weight is 367 g/mol. The van der Waals surface area contributed by atoms with Crippen LogP contribution in [0, 0.1) is 13.8 Å². The molecule has 0 spiro atoms. The van der Waals surface area contributed by atoms with Gasteiger partial charge in [0.1, 0.15) is 5.82 Å². The van der Waals surface area contributed by atoms with Crippen LogP contribution in [0.15, 0.2) is 24.3 Å². The summed E-state index contributed by atoms with van der Waals surface area (Å²) in [5, 5.41) is 0. The third-order valence-electron chi connectivity index (χ3n) is 5.20. The Labute approximate surface area is 161 Å². The summed E-state index contributed by atoms with van der Waals surface area (Å²) in [7, 11) is 3.57. The Morgan fingerprint density at radius 1 is 1.15 bits per heavy atom. The van der Waals surface area contributed by atoms with Crippen LogP contribution in [-0.4, -0.2) is 41.4 Å². The van der Waals surface area contributed by atoms with Crippen molar-refractivity contribution in [3.05, 3.63) is 46.6 Å². The van der Waals surface area contributed by atoms with Gasteiger partial charge in [-0.3, -0.25) is 4.79 Å². The molecule has 1 aliphatic heterocycles. The third-order valence-corrected chi connectivity index (χ3v) is 5.20. The van der Waals surface area contributed by atoms with E-state index < -0.39 is 0 Å². The minimum Gasteiger partial charge on any atom is -0.368 e. The van der Waals surface area contributed by atoms with Gasteiger partial charge in [0.05, 0.1) is 6.04 Å². The summed E-state index contributed by atoms with van der Waals surface area (Å²) in [6, 6.07) is 8.19. The first-order valence-corrected chi connectivity index (χ1v) is 9.57. The van der Waals surface area contributed by atoms with E-state index in [2.05, 4.69) is 33.9 Å². The molecule has 6 nitrogen and oxygen atoms in total. The summed E-state index contributed by atoms with van der Waals surface area (Å²) < 4.78 is 0. The number of benzene rings is 1. The molecule has 1 saturated heterocycles. The number of hydrogen-bond acceptors (Lipinski definition) is 5. The van der Waals surface area contributed by atoms with Crippen LogP contribution in [0.25, 0.3) is 0 Å². The van der Waals surface area contributed by atoms with E-state index in [0.29, 0.717) is 5.95 Å². The van der Waals surface area contributed by atoms with Crippen molar-refractivity contribution in [2.45, 2.75) is 45.6 Å². The lowest BCUT2D eigenvalue weighted by Gasteiger charge is -2.33. The highest BCUT2D eigenvalue weighted by atomic mass is 16.2. The number of carbonyl (C=O) groups excluding carboxylic acids is 1. The Kier molecular flexibility index (Phi) is 5.63. The molecule has 27 heavy (non-hydrogen) atoms. The zero-order valence-electron chi connectivity index (χ0n) is 16.7. The fourth-order valence-corrected chi connectivity index (χ4v) is 3.82. The van der Waals surface area contributed by atoms with Crippen molar-refractivity contribution in [1.29, 1.82) is 0 Å². The number of aromatic nitrogens is 2. The maximum absolute atomic E-state index is 12.5. The molecule has 0 aliphatic carbocycles. The highest BCUT2D eigenvalue weighted by Crippen LogP contribution is 2.35. The van der Waals surface area contributed by atoms with Crippen molar-refractivity contribution >= 4 is 17.7 Å². The van der Waals surface area contributed by atoms with Crippen molar-refractivity contribution in [3.63, 3.8) is 0 Å². The lowest BCUT2D eigenvalue weighted by atomic mass is 9.94. The Bertz CT molecular complexity index is 813. The minimum absolute atomic E-state index is 0.0264. The van der Waals surface area contributed by atoms with Gasteiger partial charge in [-0.15, -0.1) is 0 Å². The van der Waals surface area contributed by atoms with E-state index in [0.717, 1.165) is 42.9 Å². The molecule has 2 heterocycles. The molecule has 0 radical (unpaired) electrons. The molecule has 6 heteroatoms. The Hall–Kier alpha value is -2.63. The topological polar surface area (TPSA) is 75.4 Å². The van der Waals surface area contributed by atoms with Crippen LogP contribution in [-0.2, 0) is 0 Å². The summed E-state index contributed by atoms with van der Waals surface area (Å²) in [6.45, 7) is 4.98. The van der Waals surface area contributed by atoms with Gasteiger partial charge in [0, 0.05) is 38.0 Å². The Morgan fingerprint density at radius 2 is 1.93 bits per heavy atom. The van der Waals surface area contributed by atoms with E-state index in [1.807, 2.05) is 19.1 Å². The van der Waals surface area contributed by atoms with Crippen LogP contribution >= 0.6 is 0 Å². The SMILES string of the molecule is Cc1cc(N2CCCCCC2c2cc(C(=O)N(C)C)ccc2C)nc(N)n1. The molecule has 0 saturated carbocycles. The highest BCUT2D eigenvalue weighted by molar-refractivity contribution is 5.94. The monoisotopic (exact) mass is 367 g/mol. The van der Waals surface area contributed by atoms with Crippen molar-refractivity contribution in [1.82, 2.24) is 14.9 Å². The number of nitrogens with zero attached hydrogens (tertiary/aromatic N) is 4. The molecule has 2 aromatic rings. The number of rotatable bonds is 3. The number of aryl methyl sites for hydroxylation is 2. The van der Waals surface area contributed by atoms with Crippen LogP contribution in [0.5, 0.6) is 0 Å². The molecule has 1 aromatic carbocycles. The second-order valence-electron chi connectivity index (χ2n) is 7.56. The molecule has 1 aliphatic rings. The Balaban J connectivity index is 2.05. The smallest absolute Gasteiger partial charge is 0.253 e. The van der Waals surface area contributed by atoms with E-state index in [1.54, 1.807) is 19.0 Å². The number of nitrogen functional groups attached to an aromatic ring is 1. The molecule has 1 aromatic heterocycles. The predicted octanol–water partition coefficient (Wildman–Crippen LogP) is 3.50. The molecule has 1 amide bonds. The summed E-state index contributed by atoms with van der Waals surface area (Å²) in [4.78, 5) is 25.2. The van der Waals surface area contributed by atoms with E-state index >= 15 is 0 Å². The molecular weight excluding hydrogens is 338 g/mol. The second kappa shape index (κ2) is 7.94. The average Bonchev–Trinajstić information content (AvgIpc) is 2.86. The van der Waals surface area contributed by atoms with Crippen LogP contribution < -0.4 is 10.6 Å². The lowest BCUT2D eigenvalue weighted by molar-refractivity contribution is 0.0827. The molecular formula is C21H29N5O. The van der Waals surface area contributed by atoms with Crippen molar-refractivity contribution < 1.29 is 4.79 Å². The van der Waals surface area contributed by atoms with E-state index in [4.69, 9.17) is 5.73 Å². The summed E-state index contributed by atoms with van der Waals surface area (Å²) in [5.41, 5.74) is 9.90. The van der Waals surface area contributed by atoms with Gasteiger partial charge in [-0.05, 0) is 49.9 Å². The normalized spacial score (nSPS) is 17.5. The maximum atomic E-state index is 12.5. The molecule has 2 N–H and O–H groups in total. The van der Waals surface area contributed by atoms with E-state index in [-0.39, 0.29) is 11.9 Å². The Morgan fingerprint density at radius 3 is 2.63 bits per heavy atom. The molecule has 144 valence electrons. The van der Waals surface area contributed by atoms with Gasteiger partial charge in [0.2, 0.25) is 5.95 Å². The van der Waals surface area contributed by atoms with Gasteiger partial charge in [-0.2, -0.15) is 4.98 Å². The largest absolute Gasteiger partial charge is 0.368 e. The third kappa shape index (κ3) is 4.21. The zero-order chi connectivity index (χ0) is 19.6. The summed E-state index contributed by atoms with van der Waals surface area (Å²) in [5.74, 6) is 1.20. The molecule has 3 rings (SSSR count). The van der Waals surface area contributed by atoms with Crippen LogP contribution in [0.3, 0.4) is 0 Å². The van der Waals surface area contributed by atoms with Crippen molar-refractivity contribution in [2.24, 2.45) is 0 Å². The zero-order valence-corrected chi connectivity index (χ0v) is 16.7. The number of hydrogen-bond donors (Lipinski definition) is 1. The number of anilines is 2. The first kappa shape index (κ1) is 19.1. The van der Waals surface area contributed by atoms with Crippen LogP contribution in [0.4, 0.5) is 11.8 Å². The number of nitrogens with two attached hydrogens (primary N) is 1. The van der Waals surface area contributed by atoms with Gasteiger partial charge in [0.25, 0.3) is 5.91 Å². The van der Waals surface area contributed by atoms with Crippen molar-refractivity contribution in [3.8, 4) is 0 Å². The molecule has 1 unspecified atom stereocenters.